The number of likely N-dealkylation sites (tertiary alicyclic amines) is 1. The lowest BCUT2D eigenvalue weighted by atomic mass is 9.75. The van der Waals surface area contributed by atoms with Crippen molar-refractivity contribution in [2.45, 2.75) is 88.7 Å². The maximum absolute atomic E-state index is 15.1. The minimum absolute atomic E-state index is 0.0651. The van der Waals surface area contributed by atoms with Gasteiger partial charge in [0.2, 0.25) is 11.7 Å². The standard InChI is InChI=1S/C46H59NO9/c1-7-9-27-55-44-41(52-5)30-35(31-42(44)53-6)43(33-16-11-10-12-17-33)45(48)47-25-14-13-20-37(47)46(49)56-38(34-18-15-19-36(29-34)54-26-8-2)23-21-32-22-24-39(50-3)40(28-32)51-4/h7-8,15,18-19,22,24,28-31,33,37-38,43H,1-2,9-14,16-17,20-21,23,25-27H2,3-6H3/t37-,38+,43+/m1/s1. The van der Waals surface area contributed by atoms with E-state index in [1.54, 1.807) is 45.5 Å². The van der Waals surface area contributed by atoms with Crippen molar-refractivity contribution in [3.63, 3.8) is 0 Å². The van der Waals surface area contributed by atoms with Crippen LogP contribution in [0.5, 0.6) is 34.5 Å². The average molecular weight is 770 g/mol. The zero-order chi connectivity index (χ0) is 39.9. The molecule has 3 aromatic rings. The fraction of sp³-hybridized carbons (Fsp3) is 0.478. The maximum atomic E-state index is 15.1. The Labute approximate surface area is 332 Å². The van der Waals surface area contributed by atoms with Crippen molar-refractivity contribution in [1.29, 1.82) is 0 Å². The predicted molar refractivity (Wildman–Crippen MR) is 217 cm³/mol. The highest BCUT2D eigenvalue weighted by Crippen LogP contribution is 2.45. The normalized spacial score (nSPS) is 16.9. The summed E-state index contributed by atoms with van der Waals surface area (Å²) in [7, 11) is 6.40. The van der Waals surface area contributed by atoms with Gasteiger partial charge in [-0.3, -0.25) is 4.79 Å². The van der Waals surface area contributed by atoms with Crippen molar-refractivity contribution in [1.82, 2.24) is 4.90 Å². The van der Waals surface area contributed by atoms with Gasteiger partial charge in [-0.25, -0.2) is 4.79 Å². The van der Waals surface area contributed by atoms with E-state index in [4.69, 9.17) is 33.2 Å². The summed E-state index contributed by atoms with van der Waals surface area (Å²) >= 11 is 0. The number of hydrogen-bond donors (Lipinski definition) is 0. The molecule has 2 aliphatic rings. The number of rotatable bonds is 20. The zero-order valence-corrected chi connectivity index (χ0v) is 33.6. The summed E-state index contributed by atoms with van der Waals surface area (Å²) < 4.78 is 41.0. The van der Waals surface area contributed by atoms with E-state index in [9.17, 15) is 4.79 Å². The Bertz CT molecular complexity index is 1740. The number of ether oxygens (including phenoxy) is 7. The first-order chi connectivity index (χ1) is 27.3. The number of esters is 1. The van der Waals surface area contributed by atoms with Crippen LogP contribution in [0.15, 0.2) is 79.9 Å². The van der Waals surface area contributed by atoms with Gasteiger partial charge in [0, 0.05) is 6.54 Å². The molecule has 56 heavy (non-hydrogen) atoms. The highest BCUT2D eigenvalue weighted by atomic mass is 16.5. The Morgan fingerprint density at radius 2 is 1.48 bits per heavy atom. The first-order valence-electron chi connectivity index (χ1n) is 19.9. The second-order valence-electron chi connectivity index (χ2n) is 14.4. The van der Waals surface area contributed by atoms with Gasteiger partial charge in [-0.1, -0.05) is 56.2 Å². The number of carbonyl (C=O) groups is 2. The Kier molecular flexibility index (Phi) is 16.0. The van der Waals surface area contributed by atoms with Gasteiger partial charge in [0.25, 0.3) is 0 Å². The molecule has 1 aliphatic heterocycles. The van der Waals surface area contributed by atoms with Crippen LogP contribution in [0.1, 0.15) is 92.9 Å². The lowest BCUT2D eigenvalue weighted by Gasteiger charge is -2.40. The number of piperidine rings is 1. The minimum Gasteiger partial charge on any atom is -0.493 e. The van der Waals surface area contributed by atoms with Crippen LogP contribution >= 0.6 is 0 Å². The number of hydrogen-bond acceptors (Lipinski definition) is 9. The van der Waals surface area contributed by atoms with Gasteiger partial charge in [0.15, 0.2) is 23.0 Å². The van der Waals surface area contributed by atoms with Crippen LogP contribution in [-0.2, 0) is 20.7 Å². The predicted octanol–water partition coefficient (Wildman–Crippen LogP) is 9.20. The molecule has 3 aromatic carbocycles. The van der Waals surface area contributed by atoms with E-state index in [1.807, 2.05) is 54.6 Å². The summed E-state index contributed by atoms with van der Waals surface area (Å²) in [5.74, 6) is 2.57. The number of amides is 1. The fourth-order valence-corrected chi connectivity index (χ4v) is 7.98. The molecular formula is C46H59NO9. The van der Waals surface area contributed by atoms with Crippen LogP contribution in [-0.4, -0.2) is 71.0 Å². The molecule has 5 rings (SSSR count). The van der Waals surface area contributed by atoms with E-state index in [0.717, 1.165) is 61.6 Å². The lowest BCUT2D eigenvalue weighted by molar-refractivity contribution is -0.163. The molecule has 0 radical (unpaired) electrons. The van der Waals surface area contributed by atoms with Gasteiger partial charge in [0.05, 0.1) is 41.0 Å². The van der Waals surface area contributed by atoms with Crippen LogP contribution in [0.3, 0.4) is 0 Å². The van der Waals surface area contributed by atoms with E-state index in [2.05, 4.69) is 13.2 Å². The third-order valence-electron chi connectivity index (χ3n) is 10.9. The molecule has 0 N–H and O–H groups in total. The minimum atomic E-state index is -0.726. The van der Waals surface area contributed by atoms with Gasteiger partial charge in [-0.05, 0) is 110 Å². The third kappa shape index (κ3) is 10.6. The fourth-order valence-electron chi connectivity index (χ4n) is 7.98. The summed E-state index contributed by atoms with van der Waals surface area (Å²) in [5, 5.41) is 0. The van der Waals surface area contributed by atoms with E-state index >= 15 is 4.79 Å². The van der Waals surface area contributed by atoms with Crippen molar-refractivity contribution >= 4 is 11.9 Å². The van der Waals surface area contributed by atoms with Crippen molar-refractivity contribution in [2.24, 2.45) is 5.92 Å². The molecule has 1 aliphatic carbocycles. The molecule has 1 heterocycles. The van der Waals surface area contributed by atoms with Gasteiger partial charge >= 0.3 is 5.97 Å². The van der Waals surface area contributed by atoms with Crippen LogP contribution in [0.25, 0.3) is 0 Å². The molecule has 10 nitrogen and oxygen atoms in total. The Morgan fingerprint density at radius 1 is 0.768 bits per heavy atom. The first kappa shape index (κ1) is 42.0. The number of carbonyl (C=O) groups excluding carboxylic acids is 2. The molecule has 1 amide bonds. The van der Waals surface area contributed by atoms with Crippen molar-refractivity contribution < 1.29 is 42.7 Å². The molecule has 302 valence electrons. The monoisotopic (exact) mass is 769 g/mol. The van der Waals surface area contributed by atoms with Crippen LogP contribution in [0, 0.1) is 5.92 Å². The van der Waals surface area contributed by atoms with Gasteiger partial charge in [-0.15, -0.1) is 6.58 Å². The quantitative estimate of drug-likeness (QED) is 0.0633. The Hall–Kier alpha value is -5.12. The van der Waals surface area contributed by atoms with Crippen LogP contribution in [0.4, 0.5) is 0 Å². The topological polar surface area (TPSA) is 102 Å². The highest BCUT2D eigenvalue weighted by Gasteiger charge is 2.41. The Morgan fingerprint density at radius 3 is 2.16 bits per heavy atom. The maximum Gasteiger partial charge on any atom is 0.329 e. The van der Waals surface area contributed by atoms with E-state index in [0.29, 0.717) is 79.9 Å². The Balaban J connectivity index is 1.45. The summed E-state index contributed by atoms with van der Waals surface area (Å²) in [4.78, 5) is 31.4. The van der Waals surface area contributed by atoms with E-state index in [1.165, 1.54) is 0 Å². The summed E-state index contributed by atoms with van der Waals surface area (Å²) in [6.07, 6.45) is 11.9. The van der Waals surface area contributed by atoms with E-state index < -0.39 is 24.0 Å². The number of nitrogens with zero attached hydrogens (tertiary/aromatic N) is 1. The van der Waals surface area contributed by atoms with Crippen molar-refractivity contribution in [3.05, 3.63) is 96.6 Å². The van der Waals surface area contributed by atoms with Gasteiger partial charge in [0.1, 0.15) is 24.5 Å². The number of aryl methyl sites for hydroxylation is 1. The van der Waals surface area contributed by atoms with Crippen LogP contribution < -0.4 is 28.4 Å². The molecular weight excluding hydrogens is 711 g/mol. The molecule has 0 unspecified atom stereocenters. The molecule has 10 heteroatoms. The second-order valence-corrected chi connectivity index (χ2v) is 14.4. The largest absolute Gasteiger partial charge is 0.493 e. The van der Waals surface area contributed by atoms with Gasteiger partial charge in [-0.2, -0.15) is 0 Å². The molecule has 1 saturated heterocycles. The van der Waals surface area contributed by atoms with Crippen LogP contribution in [0.2, 0.25) is 0 Å². The van der Waals surface area contributed by atoms with E-state index in [-0.39, 0.29) is 11.8 Å². The van der Waals surface area contributed by atoms with Crippen molar-refractivity contribution in [3.8, 4) is 34.5 Å². The van der Waals surface area contributed by atoms with Gasteiger partial charge < -0.3 is 38.1 Å². The molecule has 0 spiro atoms. The molecule has 3 atom stereocenters. The molecule has 0 aromatic heterocycles. The first-order valence-corrected chi connectivity index (χ1v) is 19.9. The summed E-state index contributed by atoms with van der Waals surface area (Å²) in [6, 6.07) is 16.5. The summed E-state index contributed by atoms with van der Waals surface area (Å²) in [5.41, 5.74) is 2.62. The smallest absolute Gasteiger partial charge is 0.329 e. The zero-order valence-electron chi connectivity index (χ0n) is 33.6. The lowest BCUT2D eigenvalue weighted by Crippen LogP contribution is -2.51. The second kappa shape index (κ2) is 21.3. The summed E-state index contributed by atoms with van der Waals surface area (Å²) in [6.45, 7) is 8.80. The molecule has 1 saturated carbocycles. The average Bonchev–Trinajstić information content (AvgIpc) is 3.24. The number of benzene rings is 3. The number of methoxy groups -OCH3 is 4. The highest BCUT2D eigenvalue weighted by molar-refractivity contribution is 5.89. The van der Waals surface area contributed by atoms with Crippen molar-refractivity contribution in [2.75, 3.05) is 48.2 Å². The SMILES string of the molecule is C=CCCOc1c(OC)cc([C@@H](C(=O)N2CCCC[C@@H]2C(=O)O[C@@H](CCc2ccc(OC)c(OC)c2)c2cccc(OCC=C)c2)C2CCCCC2)cc1OC. The third-order valence-corrected chi connectivity index (χ3v) is 10.9. The molecule has 2 fully saturated rings. The molecule has 0 bridgehead atoms.